The van der Waals surface area contributed by atoms with E-state index < -0.39 is 6.10 Å². The number of nitrogens with one attached hydrogen (secondary N) is 2. The highest BCUT2D eigenvalue weighted by atomic mass is 16.3. The van der Waals surface area contributed by atoms with E-state index in [9.17, 15) is 9.90 Å². The van der Waals surface area contributed by atoms with Gasteiger partial charge < -0.3 is 15.7 Å². The van der Waals surface area contributed by atoms with Gasteiger partial charge in [0.05, 0.1) is 6.10 Å². The van der Waals surface area contributed by atoms with Crippen molar-refractivity contribution >= 4 is 11.7 Å². The van der Waals surface area contributed by atoms with Crippen LogP contribution in [0.25, 0.3) is 0 Å². The maximum Gasteiger partial charge on any atom is 0.319 e. The van der Waals surface area contributed by atoms with Crippen molar-refractivity contribution in [2.45, 2.75) is 40.2 Å². The summed E-state index contributed by atoms with van der Waals surface area (Å²) >= 11 is 0. The van der Waals surface area contributed by atoms with E-state index in [1.807, 2.05) is 52.0 Å². The molecule has 0 unspecified atom stereocenters. The number of aliphatic hydroxyl groups is 1. The second kappa shape index (κ2) is 6.57. The molecule has 0 aliphatic rings. The monoisotopic (exact) mass is 264 g/mol. The van der Waals surface area contributed by atoms with E-state index in [4.69, 9.17) is 0 Å². The zero-order chi connectivity index (χ0) is 14.5. The zero-order valence-electron chi connectivity index (χ0n) is 12.2. The van der Waals surface area contributed by atoms with Crippen molar-refractivity contribution in [1.29, 1.82) is 0 Å². The first-order valence-corrected chi connectivity index (χ1v) is 6.58. The van der Waals surface area contributed by atoms with E-state index in [0.717, 1.165) is 11.3 Å². The summed E-state index contributed by atoms with van der Waals surface area (Å²) < 4.78 is 0. The van der Waals surface area contributed by atoms with Crippen LogP contribution in [0.5, 0.6) is 0 Å². The lowest BCUT2D eigenvalue weighted by Crippen LogP contribution is -2.34. The summed E-state index contributed by atoms with van der Waals surface area (Å²) in [5.41, 5.74) is 1.71. The summed E-state index contributed by atoms with van der Waals surface area (Å²) in [4.78, 5) is 11.7. The predicted molar refractivity (Wildman–Crippen MR) is 78.3 cm³/mol. The Hall–Kier alpha value is -1.55. The van der Waals surface area contributed by atoms with Gasteiger partial charge in [-0.3, -0.25) is 0 Å². The van der Waals surface area contributed by atoms with Crippen LogP contribution in [0.2, 0.25) is 0 Å². The van der Waals surface area contributed by atoms with Crippen molar-refractivity contribution in [1.82, 2.24) is 5.32 Å². The molecule has 0 saturated heterocycles. The van der Waals surface area contributed by atoms with Crippen molar-refractivity contribution in [2.75, 3.05) is 11.9 Å². The highest BCUT2D eigenvalue weighted by molar-refractivity contribution is 5.89. The molecule has 1 aromatic carbocycles. The second-order valence-electron chi connectivity index (χ2n) is 5.92. The van der Waals surface area contributed by atoms with Gasteiger partial charge in [0, 0.05) is 12.2 Å². The second-order valence-corrected chi connectivity index (χ2v) is 5.92. The quantitative estimate of drug-likeness (QED) is 0.783. The van der Waals surface area contributed by atoms with Crippen LogP contribution in [0.15, 0.2) is 24.3 Å². The number of benzene rings is 1. The Morgan fingerprint density at radius 2 is 2.05 bits per heavy atom. The summed E-state index contributed by atoms with van der Waals surface area (Å²) in [6, 6.07) is 7.38. The fourth-order valence-corrected chi connectivity index (χ4v) is 1.65. The lowest BCUT2D eigenvalue weighted by molar-refractivity contribution is 0.0565. The highest BCUT2D eigenvalue weighted by Crippen LogP contribution is 2.20. The molecule has 0 fully saturated rings. The lowest BCUT2D eigenvalue weighted by Gasteiger charge is -2.25. The molecule has 4 heteroatoms. The normalized spacial score (nSPS) is 12.9. The lowest BCUT2D eigenvalue weighted by atomic mass is 9.87. The average molecular weight is 264 g/mol. The van der Waals surface area contributed by atoms with E-state index in [2.05, 4.69) is 10.6 Å². The van der Waals surface area contributed by atoms with Gasteiger partial charge in [-0.25, -0.2) is 4.79 Å². The number of rotatable bonds is 4. The van der Waals surface area contributed by atoms with Crippen LogP contribution in [0, 0.1) is 12.3 Å². The molecule has 0 spiro atoms. The van der Waals surface area contributed by atoms with Crippen molar-refractivity contribution in [2.24, 2.45) is 5.41 Å². The van der Waals surface area contributed by atoms with Crippen LogP contribution in [0.4, 0.5) is 10.5 Å². The fourth-order valence-electron chi connectivity index (χ4n) is 1.65. The Labute approximate surface area is 115 Å². The van der Waals surface area contributed by atoms with Crippen molar-refractivity contribution < 1.29 is 9.90 Å². The molecule has 3 N–H and O–H groups in total. The molecule has 4 nitrogen and oxygen atoms in total. The Kier molecular flexibility index (Phi) is 5.36. The highest BCUT2D eigenvalue weighted by Gasteiger charge is 2.21. The largest absolute Gasteiger partial charge is 0.393 e. The number of aliphatic hydroxyl groups excluding tert-OH is 1. The van der Waals surface area contributed by atoms with Gasteiger partial charge in [-0.1, -0.05) is 32.9 Å². The van der Waals surface area contributed by atoms with Gasteiger partial charge in [0.2, 0.25) is 0 Å². The third-order valence-corrected chi connectivity index (χ3v) is 2.98. The van der Waals surface area contributed by atoms with Gasteiger partial charge in [0.1, 0.15) is 0 Å². The van der Waals surface area contributed by atoms with E-state index in [1.54, 1.807) is 0 Å². The number of amides is 2. The number of aryl methyl sites for hydroxylation is 1. The molecule has 0 aromatic heterocycles. The molecule has 0 saturated carbocycles. The molecule has 0 aliphatic heterocycles. The van der Waals surface area contributed by atoms with E-state index in [1.165, 1.54) is 0 Å². The molecule has 19 heavy (non-hydrogen) atoms. The molecule has 0 aliphatic carbocycles. The van der Waals surface area contributed by atoms with Crippen molar-refractivity contribution in [3.05, 3.63) is 29.8 Å². The van der Waals surface area contributed by atoms with Gasteiger partial charge in [-0.05, 0) is 36.5 Å². The fraction of sp³-hybridized carbons (Fsp3) is 0.533. The summed E-state index contributed by atoms with van der Waals surface area (Å²) in [6.45, 7) is 8.36. The van der Waals surface area contributed by atoms with Crippen LogP contribution in [0.3, 0.4) is 0 Å². The van der Waals surface area contributed by atoms with Gasteiger partial charge in [0.25, 0.3) is 0 Å². The topological polar surface area (TPSA) is 61.4 Å². The average Bonchev–Trinajstić information content (AvgIpc) is 2.27. The minimum Gasteiger partial charge on any atom is -0.393 e. The van der Waals surface area contributed by atoms with E-state index in [0.29, 0.717) is 13.0 Å². The van der Waals surface area contributed by atoms with Crippen LogP contribution >= 0.6 is 0 Å². The Morgan fingerprint density at radius 1 is 1.37 bits per heavy atom. The number of anilines is 1. The van der Waals surface area contributed by atoms with Crippen LogP contribution in [0.1, 0.15) is 32.8 Å². The summed E-state index contributed by atoms with van der Waals surface area (Å²) in [7, 11) is 0. The minimum atomic E-state index is -0.424. The predicted octanol–water partition coefficient (Wildman–Crippen LogP) is 2.91. The Balaban J connectivity index is 2.33. The first kappa shape index (κ1) is 15.5. The van der Waals surface area contributed by atoms with Crippen molar-refractivity contribution in [3.63, 3.8) is 0 Å². The Bertz CT molecular complexity index is 424. The third-order valence-electron chi connectivity index (χ3n) is 2.98. The first-order valence-electron chi connectivity index (χ1n) is 6.58. The number of carbonyl (C=O) groups excluding carboxylic acids is 1. The summed E-state index contributed by atoms with van der Waals surface area (Å²) in [6.07, 6.45) is 0.122. The molecule has 1 aromatic rings. The molecular formula is C15H24N2O2. The van der Waals surface area contributed by atoms with Crippen molar-refractivity contribution in [3.8, 4) is 0 Å². The maximum atomic E-state index is 11.7. The Morgan fingerprint density at radius 3 is 2.63 bits per heavy atom. The maximum absolute atomic E-state index is 11.7. The van der Waals surface area contributed by atoms with E-state index >= 15 is 0 Å². The number of urea groups is 1. The smallest absolute Gasteiger partial charge is 0.319 e. The first-order chi connectivity index (χ1) is 8.79. The van der Waals surface area contributed by atoms with Crippen LogP contribution in [-0.2, 0) is 0 Å². The van der Waals surface area contributed by atoms with Crippen LogP contribution in [-0.4, -0.2) is 23.8 Å². The standard InChI is InChI=1S/C15H24N2O2/c1-11-6-5-7-12(10-11)17-14(19)16-9-8-13(18)15(2,3)4/h5-7,10,13,18H,8-9H2,1-4H3,(H2,16,17,19)/t13-/m1/s1. The minimum absolute atomic E-state index is 0.158. The molecule has 0 heterocycles. The van der Waals surface area contributed by atoms with Gasteiger partial charge in [-0.15, -0.1) is 0 Å². The molecular weight excluding hydrogens is 240 g/mol. The molecule has 2 amide bonds. The number of hydrogen-bond acceptors (Lipinski definition) is 2. The molecule has 1 rings (SSSR count). The van der Waals surface area contributed by atoms with E-state index in [-0.39, 0.29) is 11.4 Å². The van der Waals surface area contributed by atoms with Crippen LogP contribution < -0.4 is 10.6 Å². The van der Waals surface area contributed by atoms with Gasteiger partial charge >= 0.3 is 6.03 Å². The molecule has 0 radical (unpaired) electrons. The zero-order valence-corrected chi connectivity index (χ0v) is 12.2. The SMILES string of the molecule is Cc1cccc(NC(=O)NCC[C@@H](O)C(C)(C)C)c1. The van der Waals surface area contributed by atoms with Gasteiger partial charge in [-0.2, -0.15) is 0 Å². The van der Waals surface area contributed by atoms with Gasteiger partial charge in [0.15, 0.2) is 0 Å². The number of hydrogen-bond donors (Lipinski definition) is 3. The summed E-state index contributed by atoms with van der Waals surface area (Å²) in [5.74, 6) is 0. The molecule has 1 atom stereocenters. The molecule has 106 valence electrons. The molecule has 0 bridgehead atoms. The summed E-state index contributed by atoms with van der Waals surface area (Å²) in [5, 5.41) is 15.4. The number of carbonyl (C=O) groups is 1. The third kappa shape index (κ3) is 5.75.